The number of aromatic nitrogens is 1. The molecule has 1 heterocycles. The Morgan fingerprint density at radius 1 is 1.15 bits per heavy atom. The van der Waals surface area contributed by atoms with E-state index in [1.165, 1.54) is 0 Å². The highest BCUT2D eigenvalue weighted by Crippen LogP contribution is 2.08. The lowest BCUT2D eigenvalue weighted by atomic mass is 10.3. The number of para-hydroxylation sites is 1. The topological polar surface area (TPSA) is 87.6 Å². The lowest BCUT2D eigenvalue weighted by molar-refractivity contribution is -0.114. The molecule has 1 amide bonds. The molecule has 1 aromatic carbocycles. The van der Waals surface area contributed by atoms with Gasteiger partial charge in [-0.25, -0.2) is 4.99 Å². The predicted octanol–water partition coefficient (Wildman–Crippen LogP) is 2.04. The third-order valence-electron chi connectivity index (χ3n) is 3.30. The van der Waals surface area contributed by atoms with Crippen molar-refractivity contribution in [3.05, 3.63) is 54.9 Å². The lowest BCUT2D eigenvalue weighted by Crippen LogP contribution is -2.38. The van der Waals surface area contributed by atoms with Crippen LogP contribution in [0, 0.1) is 0 Å². The second-order valence-electron chi connectivity index (χ2n) is 5.43. The standard InChI is InChI=1S/C19H25N5O2/c1-2-21-19(22-12-7-13-26-17-9-4-3-5-10-17)23-15-18(25)24-16-8-6-11-20-14-16/h3-6,8-11,14H,2,7,12-13,15H2,1H3,(H,24,25)(H2,21,22,23). The molecule has 138 valence electrons. The van der Waals surface area contributed by atoms with Crippen LogP contribution >= 0.6 is 0 Å². The first-order valence-electron chi connectivity index (χ1n) is 8.68. The largest absolute Gasteiger partial charge is 0.494 e. The van der Waals surface area contributed by atoms with E-state index in [0.717, 1.165) is 18.7 Å². The Balaban J connectivity index is 1.69. The summed E-state index contributed by atoms with van der Waals surface area (Å²) in [5.74, 6) is 1.27. The molecule has 2 rings (SSSR count). The van der Waals surface area contributed by atoms with Gasteiger partial charge in [0.15, 0.2) is 5.96 Å². The minimum absolute atomic E-state index is 0.0325. The minimum atomic E-state index is -0.192. The first-order chi connectivity index (χ1) is 12.8. The molecule has 1 aromatic heterocycles. The van der Waals surface area contributed by atoms with Gasteiger partial charge in [0.2, 0.25) is 5.91 Å². The molecule has 0 aliphatic carbocycles. The van der Waals surface area contributed by atoms with Gasteiger partial charge in [-0.2, -0.15) is 0 Å². The Labute approximate surface area is 153 Å². The third-order valence-corrected chi connectivity index (χ3v) is 3.30. The molecule has 3 N–H and O–H groups in total. The van der Waals surface area contributed by atoms with Crippen LogP contribution in [0.3, 0.4) is 0 Å². The van der Waals surface area contributed by atoms with Crippen LogP contribution in [0.15, 0.2) is 59.9 Å². The monoisotopic (exact) mass is 355 g/mol. The zero-order valence-corrected chi connectivity index (χ0v) is 14.9. The van der Waals surface area contributed by atoms with E-state index in [1.54, 1.807) is 24.5 Å². The summed E-state index contributed by atoms with van der Waals surface area (Å²) in [6.07, 6.45) is 4.07. The molecule has 0 fully saturated rings. The van der Waals surface area contributed by atoms with Crippen molar-refractivity contribution in [2.45, 2.75) is 13.3 Å². The van der Waals surface area contributed by atoms with E-state index in [2.05, 4.69) is 25.9 Å². The minimum Gasteiger partial charge on any atom is -0.494 e. The number of guanidine groups is 1. The second-order valence-corrected chi connectivity index (χ2v) is 5.43. The van der Waals surface area contributed by atoms with E-state index < -0.39 is 0 Å². The summed E-state index contributed by atoms with van der Waals surface area (Å²) in [6.45, 7) is 4.04. The SMILES string of the molecule is CCNC(=NCC(=O)Nc1cccnc1)NCCCOc1ccccc1. The van der Waals surface area contributed by atoms with Crippen molar-refractivity contribution in [2.24, 2.45) is 4.99 Å². The Hall–Kier alpha value is -3.09. The first-order valence-corrected chi connectivity index (χ1v) is 8.68. The van der Waals surface area contributed by atoms with Crippen molar-refractivity contribution in [1.29, 1.82) is 0 Å². The molecule has 0 spiro atoms. The molecule has 7 nitrogen and oxygen atoms in total. The van der Waals surface area contributed by atoms with Crippen LogP contribution in [0.2, 0.25) is 0 Å². The number of rotatable bonds is 9. The molecule has 0 atom stereocenters. The van der Waals surface area contributed by atoms with Crippen LogP contribution in [0.5, 0.6) is 5.75 Å². The van der Waals surface area contributed by atoms with E-state index in [4.69, 9.17) is 4.74 Å². The van der Waals surface area contributed by atoms with Crippen molar-refractivity contribution < 1.29 is 9.53 Å². The van der Waals surface area contributed by atoms with Gasteiger partial charge in [-0.1, -0.05) is 18.2 Å². The zero-order valence-electron chi connectivity index (χ0n) is 14.9. The number of carbonyl (C=O) groups is 1. The van der Waals surface area contributed by atoms with E-state index >= 15 is 0 Å². The third kappa shape index (κ3) is 7.65. The maximum atomic E-state index is 11.9. The number of pyridine rings is 1. The summed E-state index contributed by atoms with van der Waals surface area (Å²) in [5, 5.41) is 9.06. The van der Waals surface area contributed by atoms with Gasteiger partial charge in [-0.3, -0.25) is 9.78 Å². The number of nitrogens with one attached hydrogen (secondary N) is 3. The van der Waals surface area contributed by atoms with Gasteiger partial charge in [0.1, 0.15) is 12.3 Å². The van der Waals surface area contributed by atoms with E-state index in [1.807, 2.05) is 37.3 Å². The van der Waals surface area contributed by atoms with Gasteiger partial charge in [-0.15, -0.1) is 0 Å². The quantitative estimate of drug-likeness (QED) is 0.364. The fraction of sp³-hybridized carbons (Fsp3) is 0.316. The number of anilines is 1. The number of amides is 1. The van der Waals surface area contributed by atoms with Crippen LogP contribution in [-0.4, -0.2) is 43.1 Å². The Morgan fingerprint density at radius 3 is 2.73 bits per heavy atom. The maximum Gasteiger partial charge on any atom is 0.246 e. The summed E-state index contributed by atoms with van der Waals surface area (Å²) >= 11 is 0. The normalized spacial score (nSPS) is 10.9. The summed E-state index contributed by atoms with van der Waals surface area (Å²) in [4.78, 5) is 20.2. The number of aliphatic imine (C=N–C) groups is 1. The van der Waals surface area contributed by atoms with Gasteiger partial charge in [0.25, 0.3) is 0 Å². The molecular formula is C19H25N5O2. The average molecular weight is 355 g/mol. The molecule has 2 aromatic rings. The van der Waals surface area contributed by atoms with Gasteiger partial charge in [0, 0.05) is 19.3 Å². The van der Waals surface area contributed by atoms with Crippen LogP contribution in [-0.2, 0) is 4.79 Å². The predicted molar refractivity (Wildman–Crippen MR) is 103 cm³/mol. The smallest absolute Gasteiger partial charge is 0.246 e. The van der Waals surface area contributed by atoms with Gasteiger partial charge >= 0.3 is 0 Å². The van der Waals surface area contributed by atoms with Crippen molar-refractivity contribution in [2.75, 3.05) is 31.6 Å². The highest BCUT2D eigenvalue weighted by atomic mass is 16.5. The molecule has 26 heavy (non-hydrogen) atoms. The van der Waals surface area contributed by atoms with E-state index in [-0.39, 0.29) is 12.5 Å². The number of hydrogen-bond donors (Lipinski definition) is 3. The number of carbonyl (C=O) groups excluding carboxylic acids is 1. The summed E-state index contributed by atoms with van der Waals surface area (Å²) in [7, 11) is 0. The van der Waals surface area contributed by atoms with Crippen LogP contribution in [0.4, 0.5) is 5.69 Å². The molecular weight excluding hydrogens is 330 g/mol. The van der Waals surface area contributed by atoms with Gasteiger partial charge < -0.3 is 20.7 Å². The Kier molecular flexibility index (Phi) is 8.48. The Bertz CT molecular complexity index is 677. The molecule has 0 bridgehead atoms. The molecule has 0 saturated heterocycles. The summed E-state index contributed by atoms with van der Waals surface area (Å²) in [6, 6.07) is 13.3. The average Bonchev–Trinajstić information content (AvgIpc) is 2.67. The number of nitrogens with zero attached hydrogens (tertiary/aromatic N) is 2. The fourth-order valence-corrected chi connectivity index (χ4v) is 2.12. The van der Waals surface area contributed by atoms with Crippen LogP contribution in [0.25, 0.3) is 0 Å². The molecule has 0 aliphatic rings. The number of hydrogen-bond acceptors (Lipinski definition) is 4. The summed E-state index contributed by atoms with van der Waals surface area (Å²) < 4.78 is 5.64. The molecule has 0 unspecified atom stereocenters. The van der Waals surface area contributed by atoms with Crippen LogP contribution < -0.4 is 20.7 Å². The highest BCUT2D eigenvalue weighted by molar-refractivity contribution is 5.93. The van der Waals surface area contributed by atoms with Crippen molar-refractivity contribution in [3.8, 4) is 5.75 Å². The van der Waals surface area contributed by atoms with Gasteiger partial charge in [0.05, 0.1) is 18.5 Å². The zero-order chi connectivity index (χ0) is 18.5. The highest BCUT2D eigenvalue weighted by Gasteiger charge is 2.03. The maximum absolute atomic E-state index is 11.9. The first kappa shape index (κ1) is 19.2. The summed E-state index contributed by atoms with van der Waals surface area (Å²) in [5.41, 5.74) is 0.656. The van der Waals surface area contributed by atoms with Gasteiger partial charge in [-0.05, 0) is 37.6 Å². The molecule has 0 saturated carbocycles. The van der Waals surface area contributed by atoms with E-state index in [9.17, 15) is 4.79 Å². The number of ether oxygens (including phenoxy) is 1. The fourth-order valence-electron chi connectivity index (χ4n) is 2.12. The second kappa shape index (κ2) is 11.5. The molecule has 0 aliphatic heterocycles. The Morgan fingerprint density at radius 2 is 2.00 bits per heavy atom. The van der Waals surface area contributed by atoms with Crippen LogP contribution in [0.1, 0.15) is 13.3 Å². The van der Waals surface area contributed by atoms with E-state index in [0.29, 0.717) is 24.8 Å². The lowest BCUT2D eigenvalue weighted by Gasteiger charge is -2.11. The number of benzene rings is 1. The molecule has 0 radical (unpaired) electrons. The van der Waals surface area contributed by atoms with Crippen molar-refractivity contribution in [3.63, 3.8) is 0 Å². The van der Waals surface area contributed by atoms with Crippen molar-refractivity contribution >= 4 is 17.6 Å². The van der Waals surface area contributed by atoms with Crippen molar-refractivity contribution in [1.82, 2.24) is 15.6 Å². The molecule has 7 heteroatoms.